The summed E-state index contributed by atoms with van der Waals surface area (Å²) in [5.74, 6) is 0.697. The fourth-order valence-corrected chi connectivity index (χ4v) is 2.41. The number of fused-ring (bicyclic) bond motifs is 1. The van der Waals surface area contributed by atoms with Crippen molar-refractivity contribution in [1.82, 2.24) is 5.32 Å². The van der Waals surface area contributed by atoms with Gasteiger partial charge in [-0.25, -0.2) is 0 Å². The molecule has 2 atom stereocenters. The molecule has 0 radical (unpaired) electrons. The highest BCUT2D eigenvalue weighted by atomic mass is 16.5. The molecular weight excluding hydrogens is 218 g/mol. The molecule has 4 nitrogen and oxygen atoms in total. The zero-order valence-electron chi connectivity index (χ0n) is 10.1. The van der Waals surface area contributed by atoms with Crippen LogP contribution in [0, 0.1) is 0 Å². The topological polar surface area (TPSA) is 58.6 Å². The van der Waals surface area contributed by atoms with Gasteiger partial charge in [-0.1, -0.05) is 12.1 Å². The second-order valence-electron chi connectivity index (χ2n) is 4.32. The Morgan fingerprint density at radius 3 is 2.94 bits per heavy atom. The number of aliphatic hydroxyl groups is 1. The second kappa shape index (κ2) is 4.75. The van der Waals surface area contributed by atoms with E-state index in [0.717, 1.165) is 29.7 Å². The summed E-state index contributed by atoms with van der Waals surface area (Å²) in [7, 11) is 1.63. The lowest BCUT2D eigenvalue weighted by atomic mass is 9.85. The molecule has 2 N–H and O–H groups in total. The molecule has 1 aromatic carbocycles. The second-order valence-corrected chi connectivity index (χ2v) is 4.32. The van der Waals surface area contributed by atoms with E-state index in [2.05, 4.69) is 5.32 Å². The Balaban J connectivity index is 2.29. The highest BCUT2D eigenvalue weighted by Crippen LogP contribution is 2.35. The molecule has 1 aliphatic rings. The van der Waals surface area contributed by atoms with Crippen molar-refractivity contribution in [3.8, 4) is 5.75 Å². The van der Waals surface area contributed by atoms with E-state index in [1.54, 1.807) is 7.11 Å². The number of carbonyl (C=O) groups is 1. The quantitative estimate of drug-likeness (QED) is 0.809. The van der Waals surface area contributed by atoms with Crippen LogP contribution in [0.3, 0.4) is 0 Å². The molecule has 1 amide bonds. The van der Waals surface area contributed by atoms with Gasteiger partial charge in [0.2, 0.25) is 5.91 Å². The van der Waals surface area contributed by atoms with Gasteiger partial charge in [0.1, 0.15) is 5.75 Å². The zero-order valence-corrected chi connectivity index (χ0v) is 10.1. The van der Waals surface area contributed by atoms with Crippen LogP contribution >= 0.6 is 0 Å². The summed E-state index contributed by atoms with van der Waals surface area (Å²) in [5, 5.41) is 13.0. The molecule has 1 aliphatic carbocycles. The average Bonchev–Trinajstić information content (AvgIpc) is 2.31. The Bertz CT molecular complexity index is 431. The highest BCUT2D eigenvalue weighted by molar-refractivity contribution is 5.73. The smallest absolute Gasteiger partial charge is 0.217 e. The molecule has 4 heteroatoms. The number of hydrogen-bond acceptors (Lipinski definition) is 3. The van der Waals surface area contributed by atoms with Crippen LogP contribution in [0.1, 0.15) is 30.6 Å². The molecule has 0 spiro atoms. The molecular formula is C13H17NO3. The van der Waals surface area contributed by atoms with E-state index in [1.807, 2.05) is 18.2 Å². The minimum absolute atomic E-state index is 0.111. The molecule has 0 saturated carbocycles. The first-order chi connectivity index (χ1) is 8.13. The summed E-state index contributed by atoms with van der Waals surface area (Å²) in [6.45, 7) is 1.47. The number of rotatable bonds is 2. The Labute approximate surface area is 101 Å². The highest BCUT2D eigenvalue weighted by Gasteiger charge is 2.29. The van der Waals surface area contributed by atoms with Gasteiger partial charge in [-0.05, 0) is 24.5 Å². The van der Waals surface area contributed by atoms with Gasteiger partial charge in [0.05, 0.1) is 19.3 Å². The third kappa shape index (κ3) is 2.26. The first-order valence-electron chi connectivity index (χ1n) is 5.74. The van der Waals surface area contributed by atoms with Crippen molar-refractivity contribution >= 4 is 5.91 Å². The number of ether oxygens (including phenoxy) is 1. The molecule has 92 valence electrons. The number of methoxy groups -OCH3 is 1. The van der Waals surface area contributed by atoms with Gasteiger partial charge >= 0.3 is 0 Å². The van der Waals surface area contributed by atoms with E-state index in [4.69, 9.17) is 4.74 Å². The molecule has 2 rings (SSSR count). The molecule has 0 aliphatic heterocycles. The third-order valence-electron chi connectivity index (χ3n) is 3.18. The van der Waals surface area contributed by atoms with Crippen molar-refractivity contribution < 1.29 is 14.6 Å². The van der Waals surface area contributed by atoms with Crippen molar-refractivity contribution in [2.45, 2.75) is 31.9 Å². The first kappa shape index (κ1) is 11.9. The van der Waals surface area contributed by atoms with Crippen LogP contribution < -0.4 is 10.1 Å². The van der Waals surface area contributed by atoms with Gasteiger partial charge in [0.25, 0.3) is 0 Å². The van der Waals surface area contributed by atoms with Gasteiger partial charge in [-0.2, -0.15) is 0 Å². The predicted octanol–water partition coefficient (Wildman–Crippen LogP) is 1.18. The van der Waals surface area contributed by atoms with Crippen LogP contribution in [0.5, 0.6) is 5.75 Å². The lowest BCUT2D eigenvalue weighted by molar-refractivity contribution is -0.120. The van der Waals surface area contributed by atoms with E-state index in [0.29, 0.717) is 0 Å². The SMILES string of the molecule is COc1cccc2c1CC[C@@H](NC(C)=O)[C@H]2O. The number of benzene rings is 1. The molecule has 17 heavy (non-hydrogen) atoms. The average molecular weight is 235 g/mol. The van der Waals surface area contributed by atoms with Gasteiger partial charge < -0.3 is 15.2 Å². The van der Waals surface area contributed by atoms with Crippen LogP contribution in [0.15, 0.2) is 18.2 Å². The van der Waals surface area contributed by atoms with Gasteiger partial charge in [-0.15, -0.1) is 0 Å². The van der Waals surface area contributed by atoms with Crippen molar-refractivity contribution in [3.63, 3.8) is 0 Å². The summed E-state index contributed by atoms with van der Waals surface area (Å²) in [6.07, 6.45) is 0.882. The van der Waals surface area contributed by atoms with Crippen molar-refractivity contribution in [3.05, 3.63) is 29.3 Å². The summed E-state index contributed by atoms with van der Waals surface area (Å²) in [6, 6.07) is 5.43. The third-order valence-corrected chi connectivity index (χ3v) is 3.18. The largest absolute Gasteiger partial charge is 0.496 e. The number of aliphatic hydroxyl groups excluding tert-OH is 1. The van der Waals surface area contributed by atoms with E-state index in [1.165, 1.54) is 6.92 Å². The van der Waals surface area contributed by atoms with Crippen LogP contribution in [0.25, 0.3) is 0 Å². The van der Waals surface area contributed by atoms with Crippen molar-refractivity contribution in [2.24, 2.45) is 0 Å². The standard InChI is InChI=1S/C13H17NO3/c1-8(15)14-11-7-6-9-10(13(11)16)4-3-5-12(9)17-2/h3-5,11,13,16H,6-7H2,1-2H3,(H,14,15)/t11-,13+/m1/s1. The fourth-order valence-electron chi connectivity index (χ4n) is 2.41. The minimum Gasteiger partial charge on any atom is -0.496 e. The number of carbonyl (C=O) groups excluding carboxylic acids is 1. The Kier molecular flexibility index (Phi) is 3.33. The van der Waals surface area contributed by atoms with E-state index in [-0.39, 0.29) is 11.9 Å². The molecule has 0 saturated heterocycles. The number of amides is 1. The van der Waals surface area contributed by atoms with Crippen molar-refractivity contribution in [2.75, 3.05) is 7.11 Å². The Morgan fingerprint density at radius 1 is 1.53 bits per heavy atom. The Morgan fingerprint density at radius 2 is 2.29 bits per heavy atom. The maximum Gasteiger partial charge on any atom is 0.217 e. The van der Waals surface area contributed by atoms with Crippen molar-refractivity contribution in [1.29, 1.82) is 0 Å². The molecule has 0 heterocycles. The van der Waals surface area contributed by atoms with E-state index < -0.39 is 6.10 Å². The summed E-state index contributed by atoms with van der Waals surface area (Å²) < 4.78 is 5.28. The van der Waals surface area contributed by atoms with Gasteiger partial charge in [0, 0.05) is 12.5 Å². The molecule has 0 fully saturated rings. The number of hydrogen-bond donors (Lipinski definition) is 2. The van der Waals surface area contributed by atoms with Gasteiger partial charge in [-0.3, -0.25) is 4.79 Å². The Hall–Kier alpha value is -1.55. The molecule has 1 aromatic rings. The number of nitrogens with one attached hydrogen (secondary N) is 1. The van der Waals surface area contributed by atoms with Crippen LogP contribution in [0.2, 0.25) is 0 Å². The predicted molar refractivity (Wildman–Crippen MR) is 63.9 cm³/mol. The molecule has 0 bridgehead atoms. The summed E-state index contributed by atoms with van der Waals surface area (Å²) in [4.78, 5) is 11.0. The summed E-state index contributed by atoms with van der Waals surface area (Å²) in [5.41, 5.74) is 1.90. The van der Waals surface area contributed by atoms with Crippen LogP contribution in [-0.4, -0.2) is 24.2 Å². The fraction of sp³-hybridized carbons (Fsp3) is 0.462. The van der Waals surface area contributed by atoms with Crippen LogP contribution in [0.4, 0.5) is 0 Å². The monoisotopic (exact) mass is 235 g/mol. The van der Waals surface area contributed by atoms with Crippen LogP contribution in [-0.2, 0) is 11.2 Å². The molecule has 0 aromatic heterocycles. The maximum absolute atomic E-state index is 11.0. The normalized spacial score (nSPS) is 22.8. The minimum atomic E-state index is -0.655. The first-order valence-corrected chi connectivity index (χ1v) is 5.74. The van der Waals surface area contributed by atoms with E-state index >= 15 is 0 Å². The summed E-state index contributed by atoms with van der Waals surface area (Å²) >= 11 is 0. The lowest BCUT2D eigenvalue weighted by Crippen LogP contribution is -2.40. The van der Waals surface area contributed by atoms with E-state index in [9.17, 15) is 9.90 Å². The lowest BCUT2D eigenvalue weighted by Gasteiger charge is -2.31. The molecule has 0 unspecified atom stereocenters. The van der Waals surface area contributed by atoms with Gasteiger partial charge in [0.15, 0.2) is 0 Å². The zero-order chi connectivity index (χ0) is 12.4. The maximum atomic E-state index is 11.0.